The second-order valence-corrected chi connectivity index (χ2v) is 9.61. The van der Waals surface area contributed by atoms with Gasteiger partial charge in [0.2, 0.25) is 0 Å². The number of nitrogens with zero attached hydrogens (tertiary/aromatic N) is 3. The molecule has 2 aromatic heterocycles. The topological polar surface area (TPSA) is 103 Å². The molecule has 1 saturated carbocycles. The minimum absolute atomic E-state index is 0.00388. The van der Waals surface area contributed by atoms with Gasteiger partial charge in [0, 0.05) is 25.8 Å². The Hall–Kier alpha value is -2.82. The lowest BCUT2D eigenvalue weighted by molar-refractivity contribution is 0.0831. The van der Waals surface area contributed by atoms with Crippen LogP contribution in [0.25, 0.3) is 10.2 Å². The van der Waals surface area contributed by atoms with Crippen molar-refractivity contribution in [2.75, 3.05) is 32.6 Å². The highest BCUT2D eigenvalue weighted by atomic mass is 32.1. The molecule has 3 aromatic rings. The Kier molecular flexibility index (Phi) is 7.60. The van der Waals surface area contributed by atoms with Crippen molar-refractivity contribution in [2.24, 2.45) is 5.73 Å². The number of primary amides is 1. The molecule has 0 aliphatic heterocycles. The van der Waals surface area contributed by atoms with Crippen LogP contribution >= 0.6 is 11.3 Å². The Morgan fingerprint density at radius 1 is 1.29 bits per heavy atom. The van der Waals surface area contributed by atoms with Crippen LogP contribution in [0.4, 0.5) is 15.9 Å². The number of benzene rings is 1. The van der Waals surface area contributed by atoms with Crippen molar-refractivity contribution in [3.8, 4) is 5.75 Å². The van der Waals surface area contributed by atoms with Crippen LogP contribution in [0.15, 0.2) is 24.5 Å². The SMILES string of the molecule is COCCN(C)[C@H]1CC[C@@H](Oc2cc(F)ccc2Nc2ncnc3sc(C(N)=O)c(C)c23)CC1. The number of nitrogens with one attached hydrogen (secondary N) is 1. The zero-order valence-corrected chi connectivity index (χ0v) is 20.5. The molecule has 0 atom stereocenters. The van der Waals surface area contributed by atoms with Crippen molar-refractivity contribution in [2.45, 2.75) is 44.8 Å². The first-order valence-electron chi connectivity index (χ1n) is 11.3. The van der Waals surface area contributed by atoms with E-state index in [0.717, 1.165) is 43.2 Å². The number of anilines is 2. The Morgan fingerprint density at radius 2 is 2.06 bits per heavy atom. The number of carbonyl (C=O) groups is 1. The Balaban J connectivity index is 1.51. The number of methoxy groups -OCH3 is 1. The van der Waals surface area contributed by atoms with Crippen molar-refractivity contribution >= 4 is 39.0 Å². The number of amides is 1. The Morgan fingerprint density at radius 3 is 2.76 bits per heavy atom. The number of hydrogen-bond donors (Lipinski definition) is 2. The van der Waals surface area contributed by atoms with Crippen LogP contribution in [0.1, 0.15) is 40.9 Å². The van der Waals surface area contributed by atoms with Crippen LogP contribution in [0.2, 0.25) is 0 Å². The number of aromatic nitrogens is 2. The molecule has 1 aliphatic rings. The highest BCUT2D eigenvalue weighted by molar-refractivity contribution is 7.20. The number of halogens is 1. The molecule has 0 saturated heterocycles. The summed E-state index contributed by atoms with van der Waals surface area (Å²) >= 11 is 1.23. The maximum Gasteiger partial charge on any atom is 0.259 e. The molecule has 0 spiro atoms. The first kappa shape index (κ1) is 24.3. The average Bonchev–Trinajstić information content (AvgIpc) is 3.17. The van der Waals surface area contributed by atoms with Gasteiger partial charge in [-0.2, -0.15) is 0 Å². The predicted molar refractivity (Wildman–Crippen MR) is 132 cm³/mol. The molecular weight excluding hydrogens is 457 g/mol. The second kappa shape index (κ2) is 10.6. The number of fused-ring (bicyclic) bond motifs is 1. The number of nitrogens with two attached hydrogens (primary N) is 1. The molecule has 4 rings (SSSR count). The molecule has 182 valence electrons. The zero-order valence-electron chi connectivity index (χ0n) is 19.6. The van der Waals surface area contributed by atoms with Crippen LogP contribution in [-0.2, 0) is 4.74 Å². The van der Waals surface area contributed by atoms with Crippen molar-refractivity contribution in [1.82, 2.24) is 14.9 Å². The number of hydrogen-bond acceptors (Lipinski definition) is 8. The molecular formula is C24H30FN5O3S. The van der Waals surface area contributed by atoms with Gasteiger partial charge in [0.25, 0.3) is 5.91 Å². The molecule has 10 heteroatoms. The van der Waals surface area contributed by atoms with Gasteiger partial charge in [-0.1, -0.05) is 0 Å². The van der Waals surface area contributed by atoms with Crippen molar-refractivity contribution in [1.29, 1.82) is 0 Å². The maximum absolute atomic E-state index is 14.1. The molecule has 0 radical (unpaired) electrons. The highest BCUT2D eigenvalue weighted by Gasteiger charge is 2.26. The molecule has 0 unspecified atom stereocenters. The fourth-order valence-corrected chi connectivity index (χ4v) is 5.43. The quantitative estimate of drug-likeness (QED) is 0.465. The number of likely N-dealkylation sites (N-methyl/N-ethyl adjacent to an activating group) is 1. The number of rotatable bonds is 9. The van der Waals surface area contributed by atoms with E-state index >= 15 is 0 Å². The summed E-state index contributed by atoms with van der Waals surface area (Å²) in [5.74, 6) is 0.0851. The van der Waals surface area contributed by atoms with Gasteiger partial charge in [-0.25, -0.2) is 14.4 Å². The minimum atomic E-state index is -0.499. The molecule has 1 fully saturated rings. The van der Waals surface area contributed by atoms with E-state index in [1.54, 1.807) is 13.2 Å². The lowest BCUT2D eigenvalue weighted by atomic mass is 9.92. The number of ether oxygens (including phenoxy) is 2. The number of carbonyl (C=O) groups excluding carboxylic acids is 1. The van der Waals surface area contributed by atoms with E-state index in [9.17, 15) is 9.18 Å². The predicted octanol–water partition coefficient (Wildman–Crippen LogP) is 4.25. The van der Waals surface area contributed by atoms with Crippen LogP contribution in [0, 0.1) is 12.7 Å². The molecule has 1 aliphatic carbocycles. The third-order valence-corrected chi connectivity index (χ3v) is 7.57. The first-order chi connectivity index (χ1) is 16.4. The summed E-state index contributed by atoms with van der Waals surface area (Å²) in [6.45, 7) is 3.43. The Labute approximate surface area is 202 Å². The lowest BCUT2D eigenvalue weighted by Crippen LogP contribution is -2.39. The van der Waals surface area contributed by atoms with Gasteiger partial charge in [-0.3, -0.25) is 4.79 Å². The monoisotopic (exact) mass is 487 g/mol. The zero-order chi connectivity index (χ0) is 24.2. The molecule has 8 nitrogen and oxygen atoms in total. The van der Waals surface area contributed by atoms with Gasteiger partial charge >= 0.3 is 0 Å². The standard InChI is InChI=1S/C24H30FN5O3S/c1-14-20-23(27-13-28-24(20)34-21(14)22(26)31)29-18-9-4-15(25)12-19(18)33-17-7-5-16(6-8-17)30(2)10-11-32-3/h4,9,12-13,16-17H,5-8,10-11H2,1-3H3,(H2,26,31)(H,27,28,29)/t16-,17+. The van der Waals surface area contributed by atoms with E-state index in [1.165, 1.54) is 29.8 Å². The lowest BCUT2D eigenvalue weighted by Gasteiger charge is -2.34. The smallest absolute Gasteiger partial charge is 0.259 e. The van der Waals surface area contributed by atoms with E-state index in [2.05, 4.69) is 27.2 Å². The Bertz CT molecular complexity index is 1160. The van der Waals surface area contributed by atoms with Crippen molar-refractivity contribution in [3.63, 3.8) is 0 Å². The summed E-state index contributed by atoms with van der Waals surface area (Å²) in [6, 6.07) is 4.91. The fraction of sp³-hybridized carbons (Fsp3) is 0.458. The summed E-state index contributed by atoms with van der Waals surface area (Å²) in [5.41, 5.74) is 6.83. The molecule has 0 bridgehead atoms. The highest BCUT2D eigenvalue weighted by Crippen LogP contribution is 2.37. The van der Waals surface area contributed by atoms with Crippen LogP contribution < -0.4 is 15.8 Å². The summed E-state index contributed by atoms with van der Waals surface area (Å²) in [4.78, 5) is 23.9. The van der Waals surface area contributed by atoms with E-state index in [0.29, 0.717) is 39.6 Å². The number of thiophene rings is 1. The largest absolute Gasteiger partial charge is 0.488 e. The fourth-order valence-electron chi connectivity index (χ4n) is 4.43. The van der Waals surface area contributed by atoms with Gasteiger partial charge in [-0.05, 0) is 57.4 Å². The van der Waals surface area contributed by atoms with Gasteiger partial charge in [0.1, 0.15) is 28.5 Å². The molecule has 2 heterocycles. The van der Waals surface area contributed by atoms with E-state index in [-0.39, 0.29) is 11.9 Å². The van der Waals surface area contributed by atoms with E-state index in [1.807, 2.05) is 6.92 Å². The molecule has 3 N–H and O–H groups in total. The van der Waals surface area contributed by atoms with E-state index < -0.39 is 5.91 Å². The third kappa shape index (κ3) is 5.29. The molecule has 1 aromatic carbocycles. The average molecular weight is 488 g/mol. The normalized spacial score (nSPS) is 18.4. The van der Waals surface area contributed by atoms with E-state index in [4.69, 9.17) is 15.2 Å². The van der Waals surface area contributed by atoms with Crippen LogP contribution in [-0.4, -0.2) is 60.2 Å². The maximum atomic E-state index is 14.1. The summed E-state index contributed by atoms with van der Waals surface area (Å²) in [5, 5.41) is 3.98. The summed E-state index contributed by atoms with van der Waals surface area (Å²) < 4.78 is 25.6. The third-order valence-electron chi connectivity index (χ3n) is 6.36. The van der Waals surface area contributed by atoms with Crippen molar-refractivity contribution < 1.29 is 18.7 Å². The molecule has 1 amide bonds. The van der Waals surface area contributed by atoms with Gasteiger partial charge in [0.05, 0.1) is 28.7 Å². The number of aryl methyl sites for hydroxylation is 1. The van der Waals surface area contributed by atoms with Crippen molar-refractivity contribution in [3.05, 3.63) is 40.8 Å². The summed E-state index contributed by atoms with van der Waals surface area (Å²) in [6.07, 6.45) is 5.24. The van der Waals surface area contributed by atoms with Gasteiger partial charge in [-0.15, -0.1) is 11.3 Å². The van der Waals surface area contributed by atoms with Gasteiger partial charge < -0.3 is 25.4 Å². The molecule has 34 heavy (non-hydrogen) atoms. The summed E-state index contributed by atoms with van der Waals surface area (Å²) in [7, 11) is 3.84. The first-order valence-corrected chi connectivity index (χ1v) is 12.1. The van der Waals surface area contributed by atoms with Gasteiger partial charge in [0.15, 0.2) is 0 Å². The van der Waals surface area contributed by atoms with Crippen LogP contribution in [0.5, 0.6) is 5.75 Å². The minimum Gasteiger partial charge on any atom is -0.488 e. The second-order valence-electron chi connectivity index (χ2n) is 8.61. The van der Waals surface area contributed by atoms with Crippen LogP contribution in [0.3, 0.4) is 0 Å².